The quantitative estimate of drug-likeness (QED) is 0.460. The molecule has 5 heteroatoms. The Kier molecular flexibility index (Phi) is 7.78. The maximum absolute atomic E-state index is 10.9. The molecule has 0 aromatic heterocycles. The van der Waals surface area contributed by atoms with Gasteiger partial charge in [-0.05, 0) is 26.3 Å². The Hall–Kier alpha value is -0.910. The number of nitrogens with two attached hydrogens (primary N) is 1. The molecule has 0 spiro atoms. The van der Waals surface area contributed by atoms with Crippen molar-refractivity contribution in [3.8, 4) is 0 Å². The maximum atomic E-state index is 10.9. The van der Waals surface area contributed by atoms with Crippen molar-refractivity contribution in [1.82, 2.24) is 0 Å². The summed E-state index contributed by atoms with van der Waals surface area (Å²) in [6.07, 6.45) is 1.91. The lowest BCUT2D eigenvalue weighted by atomic mass is 9.98. The zero-order valence-corrected chi connectivity index (χ0v) is 10.9. The highest BCUT2D eigenvalue weighted by molar-refractivity contribution is 5.91. The summed E-state index contributed by atoms with van der Waals surface area (Å²) < 4.78 is 10.4. The van der Waals surface area contributed by atoms with Gasteiger partial charge in [-0.15, -0.1) is 0 Å². The zero-order chi connectivity index (χ0) is 13.3. The van der Waals surface area contributed by atoms with Crippen LogP contribution < -0.4 is 5.73 Å². The van der Waals surface area contributed by atoms with Gasteiger partial charge in [0, 0.05) is 12.2 Å². The maximum Gasteiger partial charge on any atom is 0.244 e. The molecule has 0 fully saturated rings. The van der Waals surface area contributed by atoms with E-state index in [9.17, 15) is 9.90 Å². The summed E-state index contributed by atoms with van der Waals surface area (Å²) >= 11 is 0. The van der Waals surface area contributed by atoms with Crippen LogP contribution in [-0.4, -0.2) is 43.0 Å². The van der Waals surface area contributed by atoms with Crippen LogP contribution in [0.2, 0.25) is 0 Å². The van der Waals surface area contributed by atoms with Crippen molar-refractivity contribution in [2.45, 2.75) is 32.8 Å². The lowest BCUT2D eigenvalue weighted by Crippen LogP contribution is -2.33. The van der Waals surface area contributed by atoms with E-state index in [1.54, 1.807) is 6.92 Å². The lowest BCUT2D eigenvalue weighted by molar-refractivity contribution is -0.114. The van der Waals surface area contributed by atoms with Crippen molar-refractivity contribution in [3.05, 3.63) is 11.6 Å². The summed E-state index contributed by atoms with van der Waals surface area (Å²) in [6, 6.07) is 0. The summed E-state index contributed by atoms with van der Waals surface area (Å²) in [5.41, 5.74) is 4.30. The predicted octanol–water partition coefficient (Wildman–Crippen LogP) is 0.612. The summed E-state index contributed by atoms with van der Waals surface area (Å²) in [7, 11) is 0. The fourth-order valence-electron chi connectivity index (χ4n) is 1.23. The van der Waals surface area contributed by atoms with Crippen molar-refractivity contribution < 1.29 is 19.4 Å². The van der Waals surface area contributed by atoms with Gasteiger partial charge in [0.25, 0.3) is 0 Å². The number of rotatable bonds is 9. The molecule has 1 atom stereocenters. The molecule has 0 aliphatic carbocycles. The topological polar surface area (TPSA) is 81.8 Å². The van der Waals surface area contributed by atoms with Gasteiger partial charge in [0.05, 0.1) is 19.8 Å². The normalized spacial score (nSPS) is 15.6. The monoisotopic (exact) mass is 245 g/mol. The second-order valence-electron chi connectivity index (χ2n) is 3.90. The van der Waals surface area contributed by atoms with E-state index in [-0.39, 0.29) is 6.61 Å². The van der Waals surface area contributed by atoms with Gasteiger partial charge in [-0.25, -0.2) is 0 Å². The smallest absolute Gasteiger partial charge is 0.244 e. The number of amides is 1. The van der Waals surface area contributed by atoms with E-state index >= 15 is 0 Å². The molecule has 1 unspecified atom stereocenters. The molecule has 100 valence electrons. The van der Waals surface area contributed by atoms with Crippen LogP contribution in [-0.2, 0) is 14.3 Å². The summed E-state index contributed by atoms with van der Waals surface area (Å²) in [5, 5.41) is 10.1. The van der Waals surface area contributed by atoms with Gasteiger partial charge in [0.2, 0.25) is 5.91 Å². The Labute approximate surface area is 103 Å². The van der Waals surface area contributed by atoms with Gasteiger partial charge in [0.1, 0.15) is 5.60 Å². The van der Waals surface area contributed by atoms with E-state index in [2.05, 4.69) is 0 Å². The fourth-order valence-corrected chi connectivity index (χ4v) is 1.23. The molecule has 0 radical (unpaired) electrons. The molecule has 0 aliphatic heterocycles. The van der Waals surface area contributed by atoms with E-state index in [1.165, 1.54) is 6.08 Å². The Morgan fingerprint density at radius 3 is 2.41 bits per heavy atom. The van der Waals surface area contributed by atoms with Crippen LogP contribution in [0.4, 0.5) is 0 Å². The molecule has 0 aliphatic rings. The molecule has 5 nitrogen and oxygen atoms in total. The largest absolute Gasteiger partial charge is 0.383 e. The Balaban J connectivity index is 4.19. The number of primary amides is 1. The van der Waals surface area contributed by atoms with E-state index in [0.717, 1.165) is 0 Å². The third-order valence-electron chi connectivity index (χ3n) is 2.41. The van der Waals surface area contributed by atoms with E-state index < -0.39 is 11.5 Å². The van der Waals surface area contributed by atoms with E-state index in [4.69, 9.17) is 15.2 Å². The second-order valence-corrected chi connectivity index (χ2v) is 3.90. The first-order valence-corrected chi connectivity index (χ1v) is 5.82. The highest BCUT2D eigenvalue weighted by Gasteiger charge is 2.23. The first-order chi connectivity index (χ1) is 7.95. The van der Waals surface area contributed by atoms with Crippen LogP contribution in [0, 0.1) is 0 Å². The second kappa shape index (κ2) is 8.22. The standard InChI is InChI=1S/C12H23NO4/c1-4-12(15,8-10(3)11(13)14)9-17-7-6-16-5-2/h8,15H,4-7,9H2,1-3H3,(H2,13,14)/b10-8+. The molecule has 3 N–H and O–H groups in total. The number of hydrogen-bond donors (Lipinski definition) is 2. The van der Waals surface area contributed by atoms with Crippen molar-refractivity contribution in [2.24, 2.45) is 5.73 Å². The van der Waals surface area contributed by atoms with Crippen LogP contribution in [0.5, 0.6) is 0 Å². The lowest BCUT2D eigenvalue weighted by Gasteiger charge is -2.23. The number of ether oxygens (including phenoxy) is 2. The molecule has 0 saturated heterocycles. The minimum Gasteiger partial charge on any atom is -0.383 e. The number of aliphatic hydroxyl groups is 1. The summed E-state index contributed by atoms with van der Waals surface area (Å²) in [4.78, 5) is 10.9. The minimum atomic E-state index is -1.15. The molecule has 0 bridgehead atoms. The van der Waals surface area contributed by atoms with Crippen molar-refractivity contribution in [3.63, 3.8) is 0 Å². The van der Waals surface area contributed by atoms with Crippen LogP contribution in [0.1, 0.15) is 27.2 Å². The minimum absolute atomic E-state index is 0.126. The molecule has 17 heavy (non-hydrogen) atoms. The van der Waals surface area contributed by atoms with Crippen LogP contribution in [0.25, 0.3) is 0 Å². The fraction of sp³-hybridized carbons (Fsp3) is 0.750. The Morgan fingerprint density at radius 1 is 1.35 bits per heavy atom. The predicted molar refractivity (Wildman–Crippen MR) is 65.5 cm³/mol. The SMILES string of the molecule is CCOCCOCC(O)(/C=C(\C)C(N)=O)CC. The third kappa shape index (κ3) is 7.10. The highest BCUT2D eigenvalue weighted by atomic mass is 16.5. The Morgan fingerprint density at radius 2 is 1.94 bits per heavy atom. The molecular weight excluding hydrogens is 222 g/mol. The Bertz CT molecular complexity index is 265. The van der Waals surface area contributed by atoms with Gasteiger partial charge < -0.3 is 20.3 Å². The molecule has 0 aromatic carbocycles. The summed E-state index contributed by atoms with van der Waals surface area (Å²) in [6.45, 7) is 6.97. The number of carbonyl (C=O) groups is 1. The molecule has 0 saturated carbocycles. The van der Waals surface area contributed by atoms with Crippen molar-refractivity contribution >= 4 is 5.91 Å². The molecule has 0 rings (SSSR count). The number of hydrogen-bond acceptors (Lipinski definition) is 4. The third-order valence-corrected chi connectivity index (χ3v) is 2.41. The van der Waals surface area contributed by atoms with Crippen molar-refractivity contribution in [1.29, 1.82) is 0 Å². The van der Waals surface area contributed by atoms with E-state index in [1.807, 2.05) is 13.8 Å². The molecule has 1 amide bonds. The summed E-state index contributed by atoms with van der Waals surface area (Å²) in [5.74, 6) is -0.536. The van der Waals surface area contributed by atoms with Gasteiger partial charge in [-0.2, -0.15) is 0 Å². The van der Waals surface area contributed by atoms with Crippen LogP contribution in [0.15, 0.2) is 11.6 Å². The average Bonchev–Trinajstić information content (AvgIpc) is 2.28. The molecule has 0 aromatic rings. The van der Waals surface area contributed by atoms with Gasteiger partial charge >= 0.3 is 0 Å². The average molecular weight is 245 g/mol. The van der Waals surface area contributed by atoms with Gasteiger partial charge in [0.15, 0.2) is 0 Å². The highest BCUT2D eigenvalue weighted by Crippen LogP contribution is 2.15. The van der Waals surface area contributed by atoms with Crippen LogP contribution in [0.3, 0.4) is 0 Å². The van der Waals surface area contributed by atoms with Crippen molar-refractivity contribution in [2.75, 3.05) is 26.4 Å². The molecule has 0 heterocycles. The van der Waals surface area contributed by atoms with Gasteiger partial charge in [-0.3, -0.25) is 4.79 Å². The van der Waals surface area contributed by atoms with E-state index in [0.29, 0.717) is 31.8 Å². The van der Waals surface area contributed by atoms with Gasteiger partial charge in [-0.1, -0.05) is 6.92 Å². The number of carbonyl (C=O) groups excluding carboxylic acids is 1. The first kappa shape index (κ1) is 16.1. The van der Waals surface area contributed by atoms with Crippen LogP contribution >= 0.6 is 0 Å². The zero-order valence-electron chi connectivity index (χ0n) is 10.9. The molecular formula is C12H23NO4. The first-order valence-electron chi connectivity index (χ1n) is 5.82.